The van der Waals surface area contributed by atoms with E-state index in [0.29, 0.717) is 5.56 Å². The zero-order chi connectivity index (χ0) is 15.3. The first-order valence-corrected chi connectivity index (χ1v) is 7.49. The van der Waals surface area contributed by atoms with Gasteiger partial charge >= 0.3 is 0 Å². The molecule has 0 aliphatic heterocycles. The van der Waals surface area contributed by atoms with Gasteiger partial charge in [0.2, 0.25) is 0 Å². The van der Waals surface area contributed by atoms with Gasteiger partial charge < -0.3 is 0 Å². The second-order valence-electron chi connectivity index (χ2n) is 5.15. The van der Waals surface area contributed by atoms with E-state index >= 15 is 0 Å². The summed E-state index contributed by atoms with van der Waals surface area (Å²) in [5, 5.41) is 0.0863. The van der Waals surface area contributed by atoms with Crippen molar-refractivity contribution in [3.63, 3.8) is 0 Å². The number of carbonyl (C=O) groups is 1. The van der Waals surface area contributed by atoms with Crippen LogP contribution in [-0.2, 0) is 11.2 Å². The average molecular weight is 300 g/mol. The number of likely N-dealkylation sites (N-methyl/N-ethyl adjacent to an activating group) is 1. The molecule has 20 heavy (non-hydrogen) atoms. The minimum Gasteiger partial charge on any atom is -0.297 e. The predicted molar refractivity (Wildman–Crippen MR) is 81.7 cm³/mol. The van der Waals surface area contributed by atoms with E-state index in [0.717, 1.165) is 19.5 Å². The molecule has 1 aromatic rings. The van der Waals surface area contributed by atoms with Gasteiger partial charge in [-0.2, -0.15) is 0 Å². The lowest BCUT2D eigenvalue weighted by atomic mass is 9.87. The van der Waals surface area contributed by atoms with Gasteiger partial charge in [0.15, 0.2) is 5.78 Å². The first kappa shape index (κ1) is 17.1. The van der Waals surface area contributed by atoms with Crippen LogP contribution in [0.3, 0.4) is 0 Å². The van der Waals surface area contributed by atoms with E-state index in [2.05, 4.69) is 4.90 Å². The highest BCUT2D eigenvalue weighted by molar-refractivity contribution is 6.30. The lowest BCUT2D eigenvalue weighted by molar-refractivity contribution is -0.129. The molecule has 0 saturated carbocycles. The Balaban J connectivity index is 2.94. The third-order valence-electron chi connectivity index (χ3n) is 4.10. The first-order valence-electron chi connectivity index (χ1n) is 7.11. The van der Waals surface area contributed by atoms with Crippen molar-refractivity contribution in [1.29, 1.82) is 0 Å². The summed E-state index contributed by atoms with van der Waals surface area (Å²) in [6, 6.07) is 4.56. The zero-order valence-electron chi connectivity index (χ0n) is 12.7. The maximum absolute atomic E-state index is 13.4. The highest BCUT2D eigenvalue weighted by Gasteiger charge is 2.35. The van der Waals surface area contributed by atoms with Gasteiger partial charge in [-0.25, -0.2) is 4.39 Å². The summed E-state index contributed by atoms with van der Waals surface area (Å²) >= 11 is 5.66. The summed E-state index contributed by atoms with van der Waals surface area (Å²) in [6.45, 7) is 9.72. The molecule has 1 rings (SSSR count). The van der Waals surface area contributed by atoms with Crippen molar-refractivity contribution < 1.29 is 9.18 Å². The lowest BCUT2D eigenvalue weighted by Gasteiger charge is -2.38. The van der Waals surface area contributed by atoms with Gasteiger partial charge in [-0.15, -0.1) is 0 Å². The number of carbonyl (C=O) groups excluding carboxylic acids is 1. The number of rotatable bonds is 7. The summed E-state index contributed by atoms with van der Waals surface area (Å²) in [6.07, 6.45) is 0.971. The standard InChI is InChI=1S/C16H23ClFNO/c1-5-16(4,19(6-2)7-3)15(20)11-12-8-9-13(17)14(18)10-12/h8-10H,5-7,11H2,1-4H3. The first-order chi connectivity index (χ1) is 9.38. The highest BCUT2D eigenvalue weighted by atomic mass is 35.5. The van der Waals surface area contributed by atoms with Gasteiger partial charge in [0.05, 0.1) is 10.6 Å². The number of benzene rings is 1. The Morgan fingerprint density at radius 1 is 1.30 bits per heavy atom. The van der Waals surface area contributed by atoms with Crippen molar-refractivity contribution in [2.24, 2.45) is 0 Å². The average Bonchev–Trinajstić information content (AvgIpc) is 2.43. The van der Waals surface area contributed by atoms with Gasteiger partial charge in [0.1, 0.15) is 5.82 Å². The van der Waals surface area contributed by atoms with Crippen LogP contribution in [0.15, 0.2) is 18.2 Å². The van der Waals surface area contributed by atoms with Crippen LogP contribution in [0.4, 0.5) is 4.39 Å². The van der Waals surface area contributed by atoms with E-state index in [1.54, 1.807) is 6.07 Å². The molecule has 1 unspecified atom stereocenters. The Labute approximate surface area is 125 Å². The molecule has 2 nitrogen and oxygen atoms in total. The molecule has 0 bridgehead atoms. The normalized spacial score (nSPS) is 14.3. The quantitative estimate of drug-likeness (QED) is 0.755. The molecule has 0 heterocycles. The predicted octanol–water partition coefficient (Wildman–Crippen LogP) is 4.10. The van der Waals surface area contributed by atoms with Crippen molar-refractivity contribution in [3.8, 4) is 0 Å². The summed E-state index contributed by atoms with van der Waals surface area (Å²) in [5.74, 6) is -0.358. The zero-order valence-corrected chi connectivity index (χ0v) is 13.4. The summed E-state index contributed by atoms with van der Waals surface area (Å²) < 4.78 is 13.4. The fraction of sp³-hybridized carbons (Fsp3) is 0.562. The smallest absolute Gasteiger partial charge is 0.157 e. The maximum Gasteiger partial charge on any atom is 0.157 e. The van der Waals surface area contributed by atoms with Gasteiger partial charge in [0.25, 0.3) is 0 Å². The Bertz CT molecular complexity index is 474. The van der Waals surface area contributed by atoms with Crippen LogP contribution in [0, 0.1) is 5.82 Å². The van der Waals surface area contributed by atoms with Crippen LogP contribution in [0.1, 0.15) is 39.7 Å². The van der Waals surface area contributed by atoms with E-state index in [9.17, 15) is 9.18 Å². The van der Waals surface area contributed by atoms with Crippen LogP contribution in [0.2, 0.25) is 5.02 Å². The Morgan fingerprint density at radius 2 is 1.90 bits per heavy atom. The Kier molecular flexibility index (Phi) is 6.15. The van der Waals surface area contributed by atoms with Crippen molar-refractivity contribution >= 4 is 17.4 Å². The molecular formula is C16H23ClFNO. The molecule has 0 spiro atoms. The van der Waals surface area contributed by atoms with E-state index in [-0.39, 0.29) is 17.2 Å². The third-order valence-corrected chi connectivity index (χ3v) is 4.41. The molecule has 1 aromatic carbocycles. The molecule has 1 atom stereocenters. The molecule has 0 aliphatic rings. The van der Waals surface area contributed by atoms with Crippen molar-refractivity contribution in [3.05, 3.63) is 34.6 Å². The Hall–Kier alpha value is -0.930. The number of ketones is 1. The largest absolute Gasteiger partial charge is 0.297 e. The molecule has 0 amide bonds. The number of hydrogen-bond acceptors (Lipinski definition) is 2. The maximum atomic E-state index is 13.4. The monoisotopic (exact) mass is 299 g/mol. The van der Waals surface area contributed by atoms with Crippen LogP contribution >= 0.6 is 11.6 Å². The minimum absolute atomic E-state index is 0.0863. The summed E-state index contributed by atoms with van der Waals surface area (Å²) in [4.78, 5) is 14.8. The van der Waals surface area contributed by atoms with Crippen molar-refractivity contribution in [2.45, 2.75) is 46.1 Å². The van der Waals surface area contributed by atoms with E-state index < -0.39 is 11.4 Å². The molecular weight excluding hydrogens is 277 g/mol. The minimum atomic E-state index is -0.500. The van der Waals surface area contributed by atoms with E-state index in [1.807, 2.05) is 27.7 Å². The molecule has 0 aliphatic carbocycles. The third kappa shape index (κ3) is 3.58. The van der Waals surface area contributed by atoms with Crippen LogP contribution in [-0.4, -0.2) is 29.3 Å². The molecule has 0 N–H and O–H groups in total. The van der Waals surface area contributed by atoms with Crippen molar-refractivity contribution in [2.75, 3.05) is 13.1 Å². The molecule has 0 radical (unpaired) electrons. The number of Topliss-reactive ketones (excluding diaryl/α,β-unsaturated/α-hetero) is 1. The molecule has 0 fully saturated rings. The van der Waals surface area contributed by atoms with E-state index in [1.165, 1.54) is 12.1 Å². The second kappa shape index (κ2) is 7.19. The summed E-state index contributed by atoms with van der Waals surface area (Å²) in [5.41, 5.74) is 0.170. The Morgan fingerprint density at radius 3 is 2.35 bits per heavy atom. The van der Waals surface area contributed by atoms with E-state index in [4.69, 9.17) is 11.6 Å². The number of hydrogen-bond donors (Lipinski definition) is 0. The molecule has 0 saturated heterocycles. The van der Waals surface area contributed by atoms with Crippen molar-refractivity contribution in [1.82, 2.24) is 4.90 Å². The summed E-state index contributed by atoms with van der Waals surface area (Å²) in [7, 11) is 0. The van der Waals surface area contributed by atoms with Crippen LogP contribution < -0.4 is 0 Å². The topological polar surface area (TPSA) is 20.3 Å². The fourth-order valence-corrected chi connectivity index (χ4v) is 2.66. The van der Waals surface area contributed by atoms with Crippen LogP contribution in [0.5, 0.6) is 0 Å². The van der Waals surface area contributed by atoms with Crippen LogP contribution in [0.25, 0.3) is 0 Å². The number of halogens is 2. The molecule has 4 heteroatoms. The molecule has 0 aromatic heterocycles. The lowest BCUT2D eigenvalue weighted by Crippen LogP contribution is -2.52. The van der Waals surface area contributed by atoms with Gasteiger partial charge in [0, 0.05) is 6.42 Å². The highest BCUT2D eigenvalue weighted by Crippen LogP contribution is 2.23. The SMILES string of the molecule is CCN(CC)C(C)(CC)C(=O)Cc1ccc(Cl)c(F)c1. The number of nitrogens with zero attached hydrogens (tertiary/aromatic N) is 1. The van der Waals surface area contributed by atoms with Gasteiger partial charge in [-0.05, 0) is 44.1 Å². The van der Waals surface area contributed by atoms with Gasteiger partial charge in [-0.3, -0.25) is 9.69 Å². The van der Waals surface area contributed by atoms with Gasteiger partial charge in [-0.1, -0.05) is 38.4 Å². The fourth-order valence-electron chi connectivity index (χ4n) is 2.54. The second-order valence-corrected chi connectivity index (χ2v) is 5.56. The molecule has 112 valence electrons.